The number of nitrogens with zero attached hydrogens (tertiary/aromatic N) is 2. The summed E-state index contributed by atoms with van der Waals surface area (Å²) in [5.41, 5.74) is 4.61. The number of rotatable bonds is 4. The number of furan rings is 1. The van der Waals surface area contributed by atoms with Gasteiger partial charge in [0.15, 0.2) is 0 Å². The normalized spacial score (nSPS) is 18.7. The fraction of sp³-hybridized carbons (Fsp3) is 0.276. The Balaban J connectivity index is 1.24. The molecule has 0 saturated heterocycles. The smallest absolute Gasteiger partial charge is 0.137 e. The van der Waals surface area contributed by atoms with Gasteiger partial charge in [-0.25, -0.2) is 0 Å². The summed E-state index contributed by atoms with van der Waals surface area (Å²) in [6.07, 6.45) is 8.51. The SMILES string of the molecule is Cc1ccc(C)n1C1CCC(Oc2ccc3cncc(-c4cc5ccccc5o4)c3c2)CC1. The number of benzene rings is 2. The molecule has 0 radical (unpaired) electrons. The van der Waals surface area contributed by atoms with Crippen molar-refractivity contribution in [2.45, 2.75) is 51.7 Å². The molecule has 0 bridgehead atoms. The van der Waals surface area contributed by atoms with Crippen LogP contribution in [0.2, 0.25) is 0 Å². The maximum Gasteiger partial charge on any atom is 0.137 e. The van der Waals surface area contributed by atoms with E-state index < -0.39 is 0 Å². The highest BCUT2D eigenvalue weighted by Gasteiger charge is 2.25. The van der Waals surface area contributed by atoms with E-state index in [0.29, 0.717) is 6.04 Å². The predicted octanol–water partition coefficient (Wildman–Crippen LogP) is 7.63. The quantitative estimate of drug-likeness (QED) is 0.291. The summed E-state index contributed by atoms with van der Waals surface area (Å²) in [7, 11) is 0. The van der Waals surface area contributed by atoms with Crippen molar-refractivity contribution in [1.82, 2.24) is 9.55 Å². The number of hydrogen-bond donors (Lipinski definition) is 0. The van der Waals surface area contributed by atoms with Crippen LogP contribution in [-0.4, -0.2) is 15.7 Å². The van der Waals surface area contributed by atoms with Crippen LogP contribution in [0.15, 0.2) is 77.5 Å². The molecule has 0 N–H and O–H groups in total. The van der Waals surface area contributed by atoms with Gasteiger partial charge in [-0.3, -0.25) is 4.98 Å². The van der Waals surface area contributed by atoms with Crippen LogP contribution in [0.4, 0.5) is 0 Å². The minimum atomic E-state index is 0.256. The van der Waals surface area contributed by atoms with Crippen molar-refractivity contribution in [1.29, 1.82) is 0 Å². The second-order valence-electron chi connectivity index (χ2n) is 9.25. The molecule has 166 valence electrons. The van der Waals surface area contributed by atoms with Crippen molar-refractivity contribution >= 4 is 21.7 Å². The Hall–Kier alpha value is -3.53. The van der Waals surface area contributed by atoms with E-state index in [2.05, 4.69) is 65.9 Å². The van der Waals surface area contributed by atoms with Crippen LogP contribution in [0, 0.1) is 13.8 Å². The first kappa shape index (κ1) is 20.1. The van der Waals surface area contributed by atoms with Crippen molar-refractivity contribution in [2.75, 3.05) is 0 Å². The van der Waals surface area contributed by atoms with E-state index >= 15 is 0 Å². The standard InChI is InChI=1S/C29H28N2O2/c1-19-7-8-20(2)31(19)23-10-13-24(14-11-23)32-25-12-9-22-17-30-18-27(26(22)16-25)29-15-21-5-3-4-6-28(21)33-29/h3-9,12,15-18,23-24H,10-11,13-14H2,1-2H3. The highest BCUT2D eigenvalue weighted by atomic mass is 16.5. The second kappa shape index (κ2) is 8.11. The van der Waals surface area contributed by atoms with Gasteiger partial charge in [0.2, 0.25) is 0 Å². The van der Waals surface area contributed by atoms with Crippen molar-refractivity contribution in [2.24, 2.45) is 0 Å². The van der Waals surface area contributed by atoms with Crippen LogP contribution in [0.3, 0.4) is 0 Å². The third-order valence-corrected chi connectivity index (χ3v) is 7.06. The first-order valence-electron chi connectivity index (χ1n) is 11.8. The Morgan fingerprint density at radius 1 is 0.848 bits per heavy atom. The minimum Gasteiger partial charge on any atom is -0.490 e. The third-order valence-electron chi connectivity index (χ3n) is 7.06. The lowest BCUT2D eigenvalue weighted by molar-refractivity contribution is 0.132. The zero-order chi connectivity index (χ0) is 22.4. The number of ether oxygens (including phenoxy) is 1. The number of aromatic nitrogens is 2. The van der Waals surface area contributed by atoms with E-state index in [1.54, 1.807) is 0 Å². The molecule has 0 amide bonds. The van der Waals surface area contributed by atoms with Crippen molar-refractivity contribution in [3.05, 3.63) is 84.4 Å². The Morgan fingerprint density at radius 2 is 1.64 bits per heavy atom. The molecule has 33 heavy (non-hydrogen) atoms. The summed E-state index contributed by atoms with van der Waals surface area (Å²) in [6.45, 7) is 4.41. The van der Waals surface area contributed by atoms with Crippen molar-refractivity contribution in [3.63, 3.8) is 0 Å². The van der Waals surface area contributed by atoms with Gasteiger partial charge in [0.25, 0.3) is 0 Å². The molecular weight excluding hydrogens is 408 g/mol. The highest BCUT2D eigenvalue weighted by Crippen LogP contribution is 2.36. The first-order chi connectivity index (χ1) is 16.2. The monoisotopic (exact) mass is 436 g/mol. The second-order valence-corrected chi connectivity index (χ2v) is 9.25. The van der Waals surface area contributed by atoms with Gasteiger partial charge in [-0.2, -0.15) is 0 Å². The fourth-order valence-corrected chi connectivity index (χ4v) is 5.40. The van der Waals surface area contributed by atoms with Gasteiger partial charge in [0.05, 0.1) is 6.10 Å². The maximum atomic E-state index is 6.48. The highest BCUT2D eigenvalue weighted by molar-refractivity contribution is 5.97. The average Bonchev–Trinajstić information content (AvgIpc) is 3.42. The molecule has 3 aromatic heterocycles. The zero-order valence-electron chi connectivity index (χ0n) is 19.1. The number of para-hydroxylation sites is 1. The molecular formula is C29H28N2O2. The summed E-state index contributed by atoms with van der Waals surface area (Å²) < 4.78 is 15.1. The van der Waals surface area contributed by atoms with E-state index in [9.17, 15) is 0 Å². The van der Waals surface area contributed by atoms with E-state index in [-0.39, 0.29) is 6.10 Å². The summed E-state index contributed by atoms with van der Waals surface area (Å²) >= 11 is 0. The largest absolute Gasteiger partial charge is 0.490 e. The third kappa shape index (κ3) is 3.70. The maximum absolute atomic E-state index is 6.48. The van der Waals surface area contributed by atoms with Crippen LogP contribution in [0.5, 0.6) is 5.75 Å². The van der Waals surface area contributed by atoms with Crippen molar-refractivity contribution in [3.8, 4) is 17.1 Å². The van der Waals surface area contributed by atoms with E-state index in [1.165, 1.54) is 11.4 Å². The van der Waals surface area contributed by atoms with E-state index in [1.807, 2.05) is 30.6 Å². The van der Waals surface area contributed by atoms with Gasteiger partial charge in [-0.15, -0.1) is 0 Å². The molecule has 1 saturated carbocycles. The lowest BCUT2D eigenvalue weighted by Crippen LogP contribution is -2.26. The van der Waals surface area contributed by atoms with Gasteiger partial charge < -0.3 is 13.7 Å². The molecule has 2 aromatic carbocycles. The first-order valence-corrected chi connectivity index (χ1v) is 11.8. The van der Waals surface area contributed by atoms with Gasteiger partial charge in [-0.1, -0.05) is 18.2 Å². The molecule has 1 aliphatic carbocycles. The van der Waals surface area contributed by atoms with Crippen LogP contribution in [-0.2, 0) is 0 Å². The number of hydrogen-bond acceptors (Lipinski definition) is 3. The van der Waals surface area contributed by atoms with Gasteiger partial charge in [-0.05, 0) is 87.4 Å². The topological polar surface area (TPSA) is 40.2 Å². The Kier molecular flexibility index (Phi) is 4.94. The molecule has 3 heterocycles. The number of aryl methyl sites for hydroxylation is 2. The molecule has 0 spiro atoms. The molecule has 0 aliphatic heterocycles. The number of fused-ring (bicyclic) bond motifs is 2. The number of pyridine rings is 1. The summed E-state index contributed by atoms with van der Waals surface area (Å²) in [4.78, 5) is 4.45. The molecule has 6 rings (SSSR count). The molecule has 0 unspecified atom stereocenters. The van der Waals surface area contributed by atoms with Gasteiger partial charge >= 0.3 is 0 Å². The van der Waals surface area contributed by atoms with E-state index in [4.69, 9.17) is 9.15 Å². The van der Waals surface area contributed by atoms with E-state index in [0.717, 1.165) is 64.5 Å². The molecule has 1 fully saturated rings. The van der Waals surface area contributed by atoms with Crippen LogP contribution >= 0.6 is 0 Å². The molecule has 5 aromatic rings. The minimum absolute atomic E-state index is 0.256. The van der Waals surface area contributed by atoms with Gasteiger partial charge in [0, 0.05) is 46.2 Å². The average molecular weight is 437 g/mol. The Bertz CT molecular complexity index is 1380. The Morgan fingerprint density at radius 3 is 2.42 bits per heavy atom. The molecule has 0 atom stereocenters. The van der Waals surface area contributed by atoms with Gasteiger partial charge in [0.1, 0.15) is 17.1 Å². The van der Waals surface area contributed by atoms with Crippen LogP contribution in [0.25, 0.3) is 33.1 Å². The lowest BCUT2D eigenvalue weighted by Gasteiger charge is -2.31. The molecule has 1 aliphatic rings. The predicted molar refractivity (Wildman–Crippen MR) is 133 cm³/mol. The fourth-order valence-electron chi connectivity index (χ4n) is 5.40. The zero-order valence-corrected chi connectivity index (χ0v) is 19.1. The summed E-state index contributed by atoms with van der Waals surface area (Å²) in [6, 6.07) is 21.5. The van der Waals surface area contributed by atoms with Crippen LogP contribution in [0.1, 0.15) is 43.1 Å². The molecule has 4 heteroatoms. The summed E-state index contributed by atoms with van der Waals surface area (Å²) in [5, 5.41) is 3.29. The Labute approximate surface area is 193 Å². The van der Waals surface area contributed by atoms with Crippen molar-refractivity contribution < 1.29 is 9.15 Å². The lowest BCUT2D eigenvalue weighted by atomic mass is 9.92. The molecule has 4 nitrogen and oxygen atoms in total. The summed E-state index contributed by atoms with van der Waals surface area (Å²) in [5.74, 6) is 1.76. The van der Waals surface area contributed by atoms with Crippen LogP contribution < -0.4 is 4.74 Å².